The Hall–Kier alpha value is -2.40. The Morgan fingerprint density at radius 3 is 2.41 bits per heavy atom. The van der Waals surface area contributed by atoms with Gasteiger partial charge in [-0.15, -0.1) is 0 Å². The lowest BCUT2D eigenvalue weighted by atomic mass is 10.1. The van der Waals surface area contributed by atoms with Gasteiger partial charge in [0.05, 0.1) is 0 Å². The highest BCUT2D eigenvalue weighted by atomic mass is 35.5. The van der Waals surface area contributed by atoms with E-state index in [2.05, 4.69) is 42.4 Å². The molecule has 2 rings (SSSR count). The standard InChI is InChI=1S/C21H29N3O2.ClH/c1-5-17-10-8-9-11-20(17)26-15-22-21(25)23-19-13-12-18(14-16(19)4)24(6-2)7-3;/h8-14H,5-7,15H2,1-4H3,(H2,22,23,25);1H/p-1. The number of nitrogens with zero attached hydrogens (tertiary/aromatic N) is 1. The monoisotopic (exact) mass is 390 g/mol. The Labute approximate surface area is 168 Å². The van der Waals surface area contributed by atoms with Crippen LogP contribution in [0.4, 0.5) is 16.2 Å². The summed E-state index contributed by atoms with van der Waals surface area (Å²) in [5.41, 5.74) is 4.12. The molecule has 0 saturated heterocycles. The quantitative estimate of drug-likeness (QED) is 0.673. The molecule has 27 heavy (non-hydrogen) atoms. The van der Waals surface area contributed by atoms with E-state index in [9.17, 15) is 4.79 Å². The van der Waals surface area contributed by atoms with E-state index in [1.807, 2.05) is 43.3 Å². The number of hydrogen-bond acceptors (Lipinski definition) is 3. The smallest absolute Gasteiger partial charge is 0.321 e. The van der Waals surface area contributed by atoms with Crippen molar-refractivity contribution in [1.82, 2.24) is 5.32 Å². The number of carbonyl (C=O) groups is 1. The molecule has 148 valence electrons. The normalized spacial score (nSPS) is 9.93. The highest BCUT2D eigenvalue weighted by Gasteiger charge is 2.08. The predicted molar refractivity (Wildman–Crippen MR) is 108 cm³/mol. The van der Waals surface area contributed by atoms with E-state index < -0.39 is 0 Å². The molecule has 0 heterocycles. The number of urea groups is 1. The van der Waals surface area contributed by atoms with Gasteiger partial charge in [0.25, 0.3) is 0 Å². The van der Waals surface area contributed by atoms with Crippen LogP contribution < -0.4 is 32.7 Å². The van der Waals surface area contributed by atoms with E-state index in [-0.39, 0.29) is 25.2 Å². The average Bonchev–Trinajstić information content (AvgIpc) is 2.65. The van der Waals surface area contributed by atoms with Gasteiger partial charge in [0.1, 0.15) is 5.75 Å². The number of anilines is 2. The fraction of sp³-hybridized carbons (Fsp3) is 0.381. The molecule has 0 unspecified atom stereocenters. The number of nitrogens with one attached hydrogen (secondary N) is 2. The minimum Gasteiger partial charge on any atom is -1.00 e. The second-order valence-corrected chi connectivity index (χ2v) is 6.05. The van der Waals surface area contributed by atoms with Gasteiger partial charge < -0.3 is 32.7 Å². The third-order valence-corrected chi connectivity index (χ3v) is 4.40. The lowest BCUT2D eigenvalue weighted by Crippen LogP contribution is -3.00. The van der Waals surface area contributed by atoms with E-state index in [4.69, 9.17) is 4.74 Å². The summed E-state index contributed by atoms with van der Waals surface area (Å²) in [7, 11) is 0. The number of amides is 2. The van der Waals surface area contributed by atoms with E-state index in [0.29, 0.717) is 0 Å². The molecule has 0 fully saturated rings. The highest BCUT2D eigenvalue weighted by molar-refractivity contribution is 5.90. The zero-order valence-electron chi connectivity index (χ0n) is 16.5. The summed E-state index contributed by atoms with van der Waals surface area (Å²) in [6.07, 6.45) is 0.889. The van der Waals surface area contributed by atoms with Gasteiger partial charge in [-0.05, 0) is 62.6 Å². The number of ether oxygens (including phenoxy) is 1. The molecule has 5 nitrogen and oxygen atoms in total. The molecule has 0 aliphatic carbocycles. The molecule has 2 aromatic rings. The molecule has 6 heteroatoms. The van der Waals surface area contributed by atoms with Gasteiger partial charge in [-0.1, -0.05) is 25.1 Å². The minimum atomic E-state index is -0.280. The first-order chi connectivity index (χ1) is 12.6. The van der Waals surface area contributed by atoms with Crippen LogP contribution in [0.1, 0.15) is 31.9 Å². The van der Waals surface area contributed by atoms with Crippen LogP contribution in [0.15, 0.2) is 42.5 Å². The SMILES string of the molecule is CCc1ccccc1OCNC(=O)Nc1ccc(N(CC)CC)cc1C.[Cl-]. The van der Waals surface area contributed by atoms with E-state index >= 15 is 0 Å². The lowest BCUT2D eigenvalue weighted by molar-refractivity contribution is -0.00000943. The Bertz CT molecular complexity index is 733. The number of rotatable bonds is 8. The van der Waals surface area contributed by atoms with Crippen LogP contribution in [0.25, 0.3) is 0 Å². The second-order valence-electron chi connectivity index (χ2n) is 6.05. The van der Waals surface area contributed by atoms with Crippen molar-refractivity contribution >= 4 is 17.4 Å². The molecule has 0 spiro atoms. The van der Waals surface area contributed by atoms with Crippen molar-refractivity contribution in [2.45, 2.75) is 34.1 Å². The number of carbonyl (C=O) groups excluding carboxylic acids is 1. The Morgan fingerprint density at radius 2 is 1.78 bits per heavy atom. The summed E-state index contributed by atoms with van der Waals surface area (Å²) in [5.74, 6) is 0.801. The maximum absolute atomic E-state index is 12.1. The third kappa shape index (κ3) is 6.36. The molecule has 2 amide bonds. The zero-order chi connectivity index (χ0) is 18.9. The lowest BCUT2D eigenvalue weighted by Gasteiger charge is -2.22. The summed E-state index contributed by atoms with van der Waals surface area (Å²) >= 11 is 0. The molecule has 0 saturated carbocycles. The van der Waals surface area contributed by atoms with Crippen LogP contribution in [-0.2, 0) is 6.42 Å². The number of halogens is 1. The number of aryl methyl sites for hydroxylation is 2. The molecule has 0 bridgehead atoms. The fourth-order valence-electron chi connectivity index (χ4n) is 2.86. The molecule has 0 atom stereocenters. The Balaban J connectivity index is 0.00000364. The van der Waals surface area contributed by atoms with Crippen molar-refractivity contribution in [3.63, 3.8) is 0 Å². The second kappa shape index (κ2) is 11.3. The molecule has 2 aromatic carbocycles. The fourth-order valence-corrected chi connectivity index (χ4v) is 2.86. The van der Waals surface area contributed by atoms with E-state index in [0.717, 1.165) is 47.8 Å². The van der Waals surface area contributed by atoms with Crippen molar-refractivity contribution < 1.29 is 21.9 Å². The van der Waals surface area contributed by atoms with Crippen molar-refractivity contribution in [1.29, 1.82) is 0 Å². The van der Waals surface area contributed by atoms with Gasteiger partial charge >= 0.3 is 6.03 Å². The molecule has 0 radical (unpaired) electrons. The van der Waals surface area contributed by atoms with Gasteiger partial charge in [0, 0.05) is 24.5 Å². The molecule has 2 N–H and O–H groups in total. The van der Waals surface area contributed by atoms with Crippen molar-refractivity contribution in [2.24, 2.45) is 0 Å². The first kappa shape index (κ1) is 22.6. The number of hydrogen-bond donors (Lipinski definition) is 2. The highest BCUT2D eigenvalue weighted by Crippen LogP contribution is 2.22. The first-order valence-electron chi connectivity index (χ1n) is 9.20. The van der Waals surface area contributed by atoms with Crippen molar-refractivity contribution in [3.8, 4) is 5.75 Å². The van der Waals surface area contributed by atoms with Gasteiger partial charge in [-0.3, -0.25) is 0 Å². The number of benzene rings is 2. The van der Waals surface area contributed by atoms with Crippen LogP contribution in [0, 0.1) is 6.92 Å². The van der Waals surface area contributed by atoms with Gasteiger partial charge in [0.2, 0.25) is 0 Å². The molecule has 0 aliphatic heterocycles. The van der Waals surface area contributed by atoms with Crippen molar-refractivity contribution in [3.05, 3.63) is 53.6 Å². The molecular formula is C21H29ClN3O2-. The van der Waals surface area contributed by atoms with Crippen molar-refractivity contribution in [2.75, 3.05) is 30.0 Å². The van der Waals surface area contributed by atoms with Crippen LogP contribution in [0.5, 0.6) is 5.75 Å². The van der Waals surface area contributed by atoms with Crippen LogP contribution >= 0.6 is 0 Å². The Morgan fingerprint density at radius 1 is 1.07 bits per heavy atom. The maximum Gasteiger partial charge on any atom is 0.321 e. The summed E-state index contributed by atoms with van der Waals surface area (Å²) < 4.78 is 5.67. The summed E-state index contributed by atoms with van der Waals surface area (Å²) in [6, 6.07) is 13.6. The van der Waals surface area contributed by atoms with E-state index in [1.54, 1.807) is 0 Å². The molecule has 0 aromatic heterocycles. The van der Waals surface area contributed by atoms with Gasteiger partial charge in [-0.25, -0.2) is 4.79 Å². The topological polar surface area (TPSA) is 53.6 Å². The Kier molecular flexibility index (Phi) is 9.51. The third-order valence-electron chi connectivity index (χ3n) is 4.40. The summed E-state index contributed by atoms with van der Waals surface area (Å²) in [4.78, 5) is 14.4. The van der Waals surface area contributed by atoms with Gasteiger partial charge in [0.15, 0.2) is 6.73 Å². The minimum absolute atomic E-state index is 0. The molecule has 0 aliphatic rings. The summed E-state index contributed by atoms with van der Waals surface area (Å²) in [6.45, 7) is 10.4. The average molecular weight is 391 g/mol. The van der Waals surface area contributed by atoms with Gasteiger partial charge in [-0.2, -0.15) is 0 Å². The van der Waals surface area contributed by atoms with Crippen LogP contribution in [0.2, 0.25) is 0 Å². The zero-order valence-corrected chi connectivity index (χ0v) is 17.3. The summed E-state index contributed by atoms with van der Waals surface area (Å²) in [5, 5.41) is 5.61. The first-order valence-corrected chi connectivity index (χ1v) is 9.20. The largest absolute Gasteiger partial charge is 1.00 e. The maximum atomic E-state index is 12.1. The molecular weight excluding hydrogens is 362 g/mol. The predicted octanol–water partition coefficient (Wildman–Crippen LogP) is 1.57. The van der Waals surface area contributed by atoms with Crippen LogP contribution in [-0.4, -0.2) is 25.9 Å². The van der Waals surface area contributed by atoms with Crippen LogP contribution in [0.3, 0.4) is 0 Å². The van der Waals surface area contributed by atoms with E-state index in [1.165, 1.54) is 0 Å². The number of para-hydroxylation sites is 1.